The third-order valence-electron chi connectivity index (χ3n) is 5.65. The van der Waals surface area contributed by atoms with Crippen molar-refractivity contribution in [3.63, 3.8) is 0 Å². The van der Waals surface area contributed by atoms with Gasteiger partial charge in [0.25, 0.3) is 0 Å². The van der Waals surface area contributed by atoms with Gasteiger partial charge in [0.1, 0.15) is 0 Å². The number of amides is 2. The van der Waals surface area contributed by atoms with E-state index in [9.17, 15) is 9.59 Å². The molecule has 9 heteroatoms. The van der Waals surface area contributed by atoms with Gasteiger partial charge in [0.05, 0.1) is 18.2 Å². The van der Waals surface area contributed by atoms with Crippen molar-refractivity contribution in [1.29, 1.82) is 0 Å². The number of nitrogens with zero attached hydrogens (tertiary/aromatic N) is 4. The Morgan fingerprint density at radius 3 is 2.47 bits per heavy atom. The number of piperazine rings is 1. The Bertz CT molecular complexity index is 985. The Hall–Kier alpha value is -3.46. The van der Waals surface area contributed by atoms with E-state index in [1.54, 1.807) is 25.4 Å². The number of benzene rings is 1. The summed E-state index contributed by atoms with van der Waals surface area (Å²) in [6.07, 6.45) is 3.47. The fraction of sp³-hybridized carbons (Fsp3) is 0.391. The number of carbonyl (C=O) groups excluding carboxylic acids is 2. The molecule has 0 radical (unpaired) electrons. The summed E-state index contributed by atoms with van der Waals surface area (Å²) in [5, 5.41) is 5.74. The third-order valence-corrected chi connectivity index (χ3v) is 5.65. The Morgan fingerprint density at radius 1 is 1.12 bits per heavy atom. The van der Waals surface area contributed by atoms with Gasteiger partial charge in [-0.15, -0.1) is 0 Å². The van der Waals surface area contributed by atoms with E-state index < -0.39 is 12.0 Å². The van der Waals surface area contributed by atoms with Crippen molar-refractivity contribution in [2.75, 3.05) is 44.2 Å². The molecule has 0 aliphatic carbocycles. The highest BCUT2D eigenvalue weighted by Gasteiger charge is 2.34. The fourth-order valence-electron chi connectivity index (χ4n) is 3.99. The molecule has 3 heterocycles. The number of nitrogens with one attached hydrogen (secondary N) is 2. The van der Waals surface area contributed by atoms with Crippen LogP contribution in [-0.2, 0) is 9.53 Å². The van der Waals surface area contributed by atoms with Gasteiger partial charge in [0, 0.05) is 50.8 Å². The summed E-state index contributed by atoms with van der Waals surface area (Å²) in [5.74, 6) is 0.296. The average molecular weight is 437 g/mol. The molecular weight excluding hydrogens is 408 g/mol. The lowest BCUT2D eigenvalue weighted by molar-refractivity contribution is -0.139. The molecule has 2 aliphatic rings. The molecule has 4 rings (SSSR count). The van der Waals surface area contributed by atoms with Crippen LogP contribution in [0.1, 0.15) is 24.1 Å². The molecule has 2 amide bonds. The minimum atomic E-state index is -0.558. The van der Waals surface area contributed by atoms with Crippen LogP contribution < -0.4 is 15.5 Å². The Morgan fingerprint density at radius 2 is 1.81 bits per heavy atom. The van der Waals surface area contributed by atoms with Crippen molar-refractivity contribution in [1.82, 2.24) is 25.5 Å². The topological polar surface area (TPSA) is 99.7 Å². The molecule has 2 aliphatic heterocycles. The first kappa shape index (κ1) is 21.8. The van der Waals surface area contributed by atoms with Crippen LogP contribution in [0.2, 0.25) is 0 Å². The van der Waals surface area contributed by atoms with E-state index in [2.05, 4.69) is 30.4 Å². The van der Waals surface area contributed by atoms with Gasteiger partial charge in [-0.3, -0.25) is 4.90 Å². The van der Waals surface area contributed by atoms with Crippen LogP contribution in [0.15, 0.2) is 54.0 Å². The van der Waals surface area contributed by atoms with E-state index in [0.29, 0.717) is 23.8 Å². The van der Waals surface area contributed by atoms with Crippen LogP contribution in [0.25, 0.3) is 0 Å². The number of hydrogen-bond donors (Lipinski definition) is 2. The first-order valence-corrected chi connectivity index (χ1v) is 10.8. The van der Waals surface area contributed by atoms with Crippen LogP contribution >= 0.6 is 0 Å². The summed E-state index contributed by atoms with van der Waals surface area (Å²) in [4.78, 5) is 38.4. The van der Waals surface area contributed by atoms with Gasteiger partial charge >= 0.3 is 12.0 Å². The van der Waals surface area contributed by atoms with Crippen molar-refractivity contribution in [3.8, 4) is 0 Å². The number of aromatic nitrogens is 2. The van der Waals surface area contributed by atoms with Crippen LogP contribution in [-0.4, -0.2) is 66.2 Å². The number of anilines is 1. The third kappa shape index (κ3) is 4.88. The Balaban J connectivity index is 1.56. The number of ether oxygens (including phenoxy) is 1. The lowest BCUT2D eigenvalue weighted by Crippen LogP contribution is -2.52. The molecule has 2 aromatic rings. The van der Waals surface area contributed by atoms with E-state index in [0.717, 1.165) is 37.3 Å². The normalized spacial score (nSPS) is 19.4. The van der Waals surface area contributed by atoms with Gasteiger partial charge in [-0.25, -0.2) is 19.6 Å². The highest BCUT2D eigenvalue weighted by atomic mass is 16.5. The van der Waals surface area contributed by atoms with E-state index in [1.165, 1.54) is 0 Å². The maximum absolute atomic E-state index is 12.9. The summed E-state index contributed by atoms with van der Waals surface area (Å²) < 4.78 is 5.35. The summed E-state index contributed by atoms with van der Waals surface area (Å²) in [6, 6.07) is 8.72. The smallest absolute Gasteiger partial charge is 0.338 e. The highest BCUT2D eigenvalue weighted by molar-refractivity contribution is 5.95. The zero-order valence-electron chi connectivity index (χ0n) is 18.4. The molecule has 1 fully saturated rings. The zero-order valence-corrected chi connectivity index (χ0v) is 18.4. The lowest BCUT2D eigenvalue weighted by Gasteiger charge is -2.37. The number of aryl methyl sites for hydroxylation is 1. The summed E-state index contributed by atoms with van der Waals surface area (Å²) >= 11 is 0. The number of urea groups is 1. The van der Waals surface area contributed by atoms with E-state index in [-0.39, 0.29) is 12.6 Å². The van der Waals surface area contributed by atoms with Crippen LogP contribution in [0.5, 0.6) is 0 Å². The molecule has 0 bridgehead atoms. The molecule has 32 heavy (non-hydrogen) atoms. The fourth-order valence-corrected chi connectivity index (χ4v) is 3.99. The molecule has 168 valence electrons. The minimum Gasteiger partial charge on any atom is -0.463 e. The standard InChI is InChI=1S/C23H28N6O3/c1-3-32-21(30)19-18(26-23(31)27-20(19)17-7-5-16(2)6-8-17)15-28-11-13-29(14-12-28)22-24-9-4-10-25-22/h4-10,20H,3,11-15H2,1-2H3,(H2,26,27,31). The van der Waals surface area contributed by atoms with Gasteiger partial charge in [0.15, 0.2) is 0 Å². The molecular formula is C23H28N6O3. The molecule has 1 atom stereocenters. The first-order valence-electron chi connectivity index (χ1n) is 10.8. The van der Waals surface area contributed by atoms with Gasteiger partial charge in [-0.05, 0) is 25.5 Å². The Kier molecular flexibility index (Phi) is 6.65. The lowest BCUT2D eigenvalue weighted by atomic mass is 9.94. The monoisotopic (exact) mass is 436 g/mol. The van der Waals surface area contributed by atoms with E-state index >= 15 is 0 Å². The molecule has 0 spiro atoms. The maximum Gasteiger partial charge on any atom is 0.338 e. The molecule has 9 nitrogen and oxygen atoms in total. The summed E-state index contributed by atoms with van der Waals surface area (Å²) in [5.41, 5.74) is 2.99. The van der Waals surface area contributed by atoms with Gasteiger partial charge < -0.3 is 20.3 Å². The SMILES string of the molecule is CCOC(=O)C1=C(CN2CCN(c3ncccn3)CC2)NC(=O)NC1c1ccc(C)cc1. The van der Waals surface area contributed by atoms with Crippen LogP contribution in [0.4, 0.5) is 10.7 Å². The quantitative estimate of drug-likeness (QED) is 0.666. The zero-order chi connectivity index (χ0) is 22.5. The van der Waals surface area contributed by atoms with E-state index in [1.807, 2.05) is 31.2 Å². The van der Waals surface area contributed by atoms with Gasteiger partial charge in [0.2, 0.25) is 5.95 Å². The largest absolute Gasteiger partial charge is 0.463 e. The first-order chi connectivity index (χ1) is 15.5. The molecule has 2 N–H and O–H groups in total. The van der Waals surface area contributed by atoms with Crippen molar-refractivity contribution < 1.29 is 14.3 Å². The van der Waals surface area contributed by atoms with Gasteiger partial charge in [-0.2, -0.15) is 0 Å². The number of carbonyl (C=O) groups is 2. The molecule has 1 aromatic carbocycles. The number of rotatable bonds is 6. The van der Waals surface area contributed by atoms with Crippen molar-refractivity contribution in [2.24, 2.45) is 0 Å². The second kappa shape index (κ2) is 9.78. The summed E-state index contributed by atoms with van der Waals surface area (Å²) in [6.45, 7) is 7.54. The minimum absolute atomic E-state index is 0.264. The summed E-state index contributed by atoms with van der Waals surface area (Å²) in [7, 11) is 0. The number of esters is 1. The Labute approximate surface area is 187 Å². The molecule has 1 saturated heterocycles. The van der Waals surface area contributed by atoms with Crippen molar-refractivity contribution >= 4 is 17.9 Å². The molecule has 1 unspecified atom stereocenters. The predicted molar refractivity (Wildman–Crippen MR) is 120 cm³/mol. The highest BCUT2D eigenvalue weighted by Crippen LogP contribution is 2.28. The van der Waals surface area contributed by atoms with E-state index in [4.69, 9.17) is 4.74 Å². The van der Waals surface area contributed by atoms with Crippen LogP contribution in [0, 0.1) is 6.92 Å². The van der Waals surface area contributed by atoms with Gasteiger partial charge in [-0.1, -0.05) is 29.8 Å². The predicted octanol–water partition coefficient (Wildman–Crippen LogP) is 1.78. The average Bonchev–Trinajstić information content (AvgIpc) is 2.80. The number of hydrogen-bond acceptors (Lipinski definition) is 7. The van der Waals surface area contributed by atoms with Crippen LogP contribution in [0.3, 0.4) is 0 Å². The molecule has 1 aromatic heterocycles. The second-order valence-electron chi connectivity index (χ2n) is 7.87. The molecule has 0 saturated carbocycles. The maximum atomic E-state index is 12.9. The van der Waals surface area contributed by atoms with Crippen molar-refractivity contribution in [2.45, 2.75) is 19.9 Å². The second-order valence-corrected chi connectivity index (χ2v) is 7.87. The van der Waals surface area contributed by atoms with Crippen molar-refractivity contribution in [3.05, 3.63) is 65.1 Å².